The maximum absolute atomic E-state index is 11.1. The number of fused-ring (bicyclic) bond motifs is 3. The molecule has 0 spiro atoms. The van der Waals surface area contributed by atoms with Gasteiger partial charge in [0.2, 0.25) is 0 Å². The number of carboxylic acid groups (broad SMARTS) is 3. The Hall–Kier alpha value is -6.01. The molecule has 5 aliphatic carbocycles. The molecule has 0 aliphatic heterocycles. The molecule has 5 aliphatic rings. The molecule has 3 N–H and O–H groups in total. The molecule has 9 rings (SSSR count). The lowest BCUT2D eigenvalue weighted by Crippen LogP contribution is -2.34. The topological polar surface area (TPSA) is 112 Å². The first kappa shape index (κ1) is 61.6. The average molecular weight is 1080 g/mol. The summed E-state index contributed by atoms with van der Waals surface area (Å²) in [5.74, 6) is -1.68. The number of hydrogen-bond donors (Lipinski definition) is 3. The van der Waals surface area contributed by atoms with Gasteiger partial charge in [-0.3, -0.25) is 0 Å². The standard InChI is InChI=1S/C26H36O2.C24H28O2.C24H32O2/c1-7-12-26(17-20(26)9-8-18(2)15-23(27)28)19-10-11-21-22(16-19)25(5,6)14-13-24(21,3)4;1-15-13-20-21(24(5,6)12-11-23(20,3)4)14-19(15)16(2)17-7-9-18(10-8-17)22(25)26;1-16(13-21(25)26)7-8-18-15-24(18,6)17-9-10-19-20(14-17)23(4,5)12-11-22(19,2)3/h8-11,15-16,20H,7,12-14,17H2,1-6H3,(H,27,28);7-10,13-14H,2,11-12H2,1,3-6H3,(H,25,26);7-10,13-14,18H,11-12,15H2,1-6H3,(H,25,26)/b9-8+,18-15+;;8-7+,16-13+/t20-,26-;;18-,24-/m1.1/s1. The number of hydrogen-bond acceptors (Lipinski definition) is 3. The average Bonchev–Trinajstić information content (AvgIpc) is 4.42. The fraction of sp³-hybridized carbons (Fsp3) is 0.500. The van der Waals surface area contributed by atoms with Crippen LogP contribution in [0.15, 0.2) is 127 Å². The van der Waals surface area contributed by atoms with Crippen molar-refractivity contribution in [2.45, 2.75) is 225 Å². The zero-order chi connectivity index (χ0) is 59.3. The van der Waals surface area contributed by atoms with Gasteiger partial charge in [0.25, 0.3) is 0 Å². The van der Waals surface area contributed by atoms with Gasteiger partial charge >= 0.3 is 17.9 Å². The Morgan fingerprint density at radius 2 is 0.900 bits per heavy atom. The van der Waals surface area contributed by atoms with E-state index in [0.29, 0.717) is 17.4 Å². The van der Waals surface area contributed by atoms with Gasteiger partial charge in [0, 0.05) is 17.6 Å². The number of carbonyl (C=O) groups is 3. The van der Waals surface area contributed by atoms with Gasteiger partial charge in [0.1, 0.15) is 0 Å². The molecule has 6 heteroatoms. The minimum absolute atomic E-state index is 0.154. The van der Waals surface area contributed by atoms with Gasteiger partial charge in [-0.25, -0.2) is 14.4 Å². The van der Waals surface area contributed by atoms with Crippen LogP contribution in [0.2, 0.25) is 0 Å². The summed E-state index contributed by atoms with van der Waals surface area (Å²) in [6, 6.07) is 26.1. The summed E-state index contributed by atoms with van der Waals surface area (Å²) < 4.78 is 0. The minimum atomic E-state index is -0.906. The van der Waals surface area contributed by atoms with Gasteiger partial charge in [0.15, 0.2) is 0 Å². The predicted octanol–water partition coefficient (Wildman–Crippen LogP) is 18.7. The number of carboxylic acids is 3. The monoisotopic (exact) mass is 1080 g/mol. The fourth-order valence-corrected chi connectivity index (χ4v) is 13.7. The minimum Gasteiger partial charge on any atom is -0.478 e. The van der Waals surface area contributed by atoms with Crippen LogP contribution in [0.5, 0.6) is 0 Å². The number of allylic oxidation sites excluding steroid dienone is 6. The Morgan fingerprint density at radius 3 is 1.34 bits per heavy atom. The molecule has 4 aromatic rings. The van der Waals surface area contributed by atoms with Gasteiger partial charge in [-0.2, -0.15) is 0 Å². The predicted molar refractivity (Wildman–Crippen MR) is 333 cm³/mol. The molecule has 2 saturated carbocycles. The zero-order valence-corrected chi connectivity index (χ0v) is 51.9. The van der Waals surface area contributed by atoms with Crippen LogP contribution in [0, 0.1) is 18.8 Å². The molecule has 0 unspecified atom stereocenters. The quantitative estimate of drug-likeness (QED) is 0.0908. The van der Waals surface area contributed by atoms with Gasteiger partial charge in [0.05, 0.1) is 5.56 Å². The van der Waals surface area contributed by atoms with Crippen LogP contribution in [0.1, 0.15) is 247 Å². The van der Waals surface area contributed by atoms with E-state index in [1.807, 2.05) is 38.1 Å². The molecule has 4 aromatic carbocycles. The van der Waals surface area contributed by atoms with Crippen molar-refractivity contribution in [1.29, 1.82) is 0 Å². The molecule has 6 nitrogen and oxygen atoms in total. The van der Waals surface area contributed by atoms with E-state index in [1.165, 1.54) is 120 Å². The van der Waals surface area contributed by atoms with Crippen molar-refractivity contribution in [2.24, 2.45) is 11.8 Å². The van der Waals surface area contributed by atoms with E-state index in [9.17, 15) is 14.4 Å². The van der Waals surface area contributed by atoms with Crippen molar-refractivity contribution >= 4 is 23.5 Å². The van der Waals surface area contributed by atoms with E-state index >= 15 is 0 Å². The molecule has 0 bridgehead atoms. The van der Waals surface area contributed by atoms with E-state index in [2.05, 4.69) is 171 Å². The SMILES string of the molecule is C=C(c1ccc(C(=O)O)cc1)c1cc2c(cc1C)C(C)(C)CCC2(C)C.CC(/C=C/[C@@H]1C[C@]1(C)c1ccc2c(c1)C(C)(C)CCC2(C)C)=C\C(=O)O.CCC[C@]1(c2ccc3c(c2)C(C)(C)CCC3(C)C)C[C@H]1/C=C/C(C)=C/C(=O)O. The Balaban J connectivity index is 0.000000174. The highest BCUT2D eigenvalue weighted by Crippen LogP contribution is 2.60. The zero-order valence-electron chi connectivity index (χ0n) is 51.9. The lowest BCUT2D eigenvalue weighted by Gasteiger charge is -2.42. The Morgan fingerprint density at radius 1 is 0.512 bits per heavy atom. The molecule has 0 amide bonds. The highest BCUT2D eigenvalue weighted by molar-refractivity contribution is 5.89. The summed E-state index contributed by atoms with van der Waals surface area (Å²) in [5, 5.41) is 26.9. The van der Waals surface area contributed by atoms with Crippen LogP contribution in [-0.2, 0) is 52.9 Å². The Labute approximate surface area is 481 Å². The normalized spacial score (nSPS) is 25.1. The Bertz CT molecular complexity index is 3180. The molecule has 2 fully saturated rings. The van der Waals surface area contributed by atoms with Crippen LogP contribution in [0.3, 0.4) is 0 Å². The van der Waals surface area contributed by atoms with Gasteiger partial charge < -0.3 is 15.3 Å². The van der Waals surface area contributed by atoms with Crippen LogP contribution >= 0.6 is 0 Å². The summed E-state index contributed by atoms with van der Waals surface area (Å²) in [5.41, 5.74) is 19.7. The highest BCUT2D eigenvalue weighted by atomic mass is 16.4. The molecule has 0 heterocycles. The van der Waals surface area contributed by atoms with Crippen LogP contribution in [0.4, 0.5) is 0 Å². The number of aliphatic carboxylic acids is 2. The first-order valence-electron chi connectivity index (χ1n) is 29.7. The summed E-state index contributed by atoms with van der Waals surface area (Å²) in [7, 11) is 0. The molecule has 428 valence electrons. The summed E-state index contributed by atoms with van der Waals surface area (Å²) in [6.07, 6.45) is 22.9. The second-order valence-electron chi connectivity index (χ2n) is 29.0. The van der Waals surface area contributed by atoms with E-state index in [4.69, 9.17) is 15.3 Å². The first-order chi connectivity index (χ1) is 37.0. The summed E-state index contributed by atoms with van der Waals surface area (Å²) in [4.78, 5) is 32.7. The molecule has 4 atom stereocenters. The third-order valence-corrected chi connectivity index (χ3v) is 20.0. The lowest BCUT2D eigenvalue weighted by molar-refractivity contribution is -0.132. The van der Waals surface area contributed by atoms with Gasteiger partial charge in [-0.1, -0.05) is 195 Å². The molecule has 80 heavy (non-hydrogen) atoms. The largest absolute Gasteiger partial charge is 0.478 e. The van der Waals surface area contributed by atoms with Crippen molar-refractivity contribution < 1.29 is 29.7 Å². The number of benzene rings is 4. The van der Waals surface area contributed by atoms with Crippen molar-refractivity contribution in [3.8, 4) is 0 Å². The smallest absolute Gasteiger partial charge is 0.335 e. The van der Waals surface area contributed by atoms with Crippen LogP contribution in [0.25, 0.3) is 5.57 Å². The van der Waals surface area contributed by atoms with Crippen molar-refractivity contribution in [3.63, 3.8) is 0 Å². The molecular formula is C74H96O6. The third kappa shape index (κ3) is 13.0. The maximum Gasteiger partial charge on any atom is 0.335 e. The van der Waals surface area contributed by atoms with Crippen molar-refractivity contribution in [3.05, 3.63) is 194 Å². The van der Waals surface area contributed by atoms with Gasteiger partial charge in [-0.05, 0) is 218 Å². The van der Waals surface area contributed by atoms with Crippen molar-refractivity contribution in [2.75, 3.05) is 0 Å². The lowest BCUT2D eigenvalue weighted by atomic mass is 9.62. The number of aromatic carboxylic acids is 1. The van der Waals surface area contributed by atoms with E-state index in [-0.39, 0.29) is 43.3 Å². The molecule has 0 radical (unpaired) electrons. The second kappa shape index (κ2) is 22.4. The van der Waals surface area contributed by atoms with Crippen LogP contribution in [-0.4, -0.2) is 33.2 Å². The fourth-order valence-electron chi connectivity index (χ4n) is 13.7. The first-order valence-corrected chi connectivity index (χ1v) is 29.7. The van der Waals surface area contributed by atoms with E-state index in [1.54, 1.807) is 12.1 Å². The summed E-state index contributed by atoms with van der Waals surface area (Å²) >= 11 is 0. The van der Waals surface area contributed by atoms with Crippen LogP contribution < -0.4 is 0 Å². The third-order valence-electron chi connectivity index (χ3n) is 20.0. The molecule has 0 saturated heterocycles. The number of aryl methyl sites for hydroxylation is 1. The molecule has 0 aromatic heterocycles. The number of rotatable bonds is 13. The second-order valence-corrected chi connectivity index (χ2v) is 29.0. The maximum atomic E-state index is 11.1. The summed E-state index contributed by atoms with van der Waals surface area (Å²) in [6.45, 7) is 43.1. The van der Waals surface area contributed by atoms with Crippen molar-refractivity contribution in [1.82, 2.24) is 0 Å². The van der Waals surface area contributed by atoms with Gasteiger partial charge in [-0.15, -0.1) is 0 Å². The Kier molecular flexibility index (Phi) is 17.2. The van der Waals surface area contributed by atoms with E-state index in [0.717, 1.165) is 34.3 Å². The highest BCUT2D eigenvalue weighted by Gasteiger charge is 2.54. The van der Waals surface area contributed by atoms with E-state index < -0.39 is 17.9 Å². The molecular weight excluding hydrogens is 985 g/mol.